The number of pyridine rings is 2. The third-order valence-electron chi connectivity index (χ3n) is 8.81. The molecule has 0 N–H and O–H groups in total. The maximum Gasteiger partial charge on any atom is 0.355 e. The third-order valence-corrected chi connectivity index (χ3v) is 8.81. The summed E-state index contributed by atoms with van der Waals surface area (Å²) in [5.41, 5.74) is -1.79. The molecule has 48 heavy (non-hydrogen) atoms. The summed E-state index contributed by atoms with van der Waals surface area (Å²) in [4.78, 5) is 43.5. The molecule has 2 aliphatic rings. The molecule has 14 heteroatoms. The van der Waals surface area contributed by atoms with Gasteiger partial charge < -0.3 is 14.5 Å². The van der Waals surface area contributed by atoms with Gasteiger partial charge in [-0.3, -0.25) is 9.78 Å². The summed E-state index contributed by atoms with van der Waals surface area (Å²) in [7, 11) is 0. The van der Waals surface area contributed by atoms with Crippen LogP contribution in [0.3, 0.4) is 0 Å². The van der Waals surface area contributed by atoms with Crippen LogP contribution < -0.4 is 15.3 Å². The monoisotopic (exact) mass is 668 g/mol. The summed E-state index contributed by atoms with van der Waals surface area (Å²) in [6, 6.07) is 3.16. The summed E-state index contributed by atoms with van der Waals surface area (Å²) < 4.78 is 83.7. The van der Waals surface area contributed by atoms with Gasteiger partial charge in [0, 0.05) is 37.8 Å². The third kappa shape index (κ3) is 5.66. The molecule has 2 aliphatic heterocycles. The maximum atomic E-state index is 16.3. The van der Waals surface area contributed by atoms with E-state index in [9.17, 15) is 9.59 Å². The van der Waals surface area contributed by atoms with Crippen LogP contribution in [-0.4, -0.2) is 68.0 Å². The van der Waals surface area contributed by atoms with E-state index in [1.165, 1.54) is 18.3 Å². The molecular formula is C34H33F5N6O3. The first-order valence-electron chi connectivity index (χ1n) is 15.5. The first kappa shape index (κ1) is 33.0. The fourth-order valence-electron chi connectivity index (χ4n) is 6.40. The van der Waals surface area contributed by atoms with E-state index >= 15 is 22.0 Å². The predicted molar refractivity (Wildman–Crippen MR) is 169 cm³/mol. The van der Waals surface area contributed by atoms with Gasteiger partial charge in [0.15, 0.2) is 29.6 Å². The van der Waals surface area contributed by atoms with Crippen LogP contribution >= 0.6 is 0 Å². The zero-order valence-electron chi connectivity index (χ0n) is 26.7. The fourth-order valence-corrected chi connectivity index (χ4v) is 6.40. The van der Waals surface area contributed by atoms with Gasteiger partial charge >= 0.3 is 5.69 Å². The Kier molecular flexibility index (Phi) is 8.46. The van der Waals surface area contributed by atoms with Crippen molar-refractivity contribution in [2.24, 2.45) is 0 Å². The van der Waals surface area contributed by atoms with Gasteiger partial charge in [0.05, 0.1) is 22.3 Å². The van der Waals surface area contributed by atoms with Gasteiger partial charge in [-0.15, -0.1) is 0 Å². The Morgan fingerprint density at radius 3 is 2.50 bits per heavy atom. The molecule has 1 aromatic carbocycles. The number of hydrogen-bond acceptors (Lipinski definition) is 7. The number of aromatic nitrogens is 4. The minimum absolute atomic E-state index is 0.0439. The number of anilines is 1. The second-order valence-corrected chi connectivity index (χ2v) is 12.5. The van der Waals surface area contributed by atoms with Gasteiger partial charge in [-0.05, 0) is 62.1 Å². The number of benzene rings is 1. The van der Waals surface area contributed by atoms with E-state index in [1.54, 1.807) is 23.6 Å². The van der Waals surface area contributed by atoms with Crippen molar-refractivity contribution in [3.8, 4) is 22.7 Å². The van der Waals surface area contributed by atoms with Crippen molar-refractivity contribution in [2.75, 3.05) is 24.6 Å². The van der Waals surface area contributed by atoms with Crippen molar-refractivity contribution in [3.05, 3.63) is 82.3 Å². The Morgan fingerprint density at radius 2 is 1.79 bits per heavy atom. The first-order valence-corrected chi connectivity index (χ1v) is 15.5. The normalized spacial score (nSPS) is 19.2. The van der Waals surface area contributed by atoms with Crippen molar-refractivity contribution >= 4 is 22.8 Å². The number of carbonyl (C=O) groups excluding carboxylic acids is 1. The number of hydrogen-bond donors (Lipinski definition) is 0. The summed E-state index contributed by atoms with van der Waals surface area (Å²) in [5, 5.41) is 0.0439. The molecule has 4 aromatic rings. The highest BCUT2D eigenvalue weighted by atomic mass is 19.3. The molecule has 2 atom stereocenters. The van der Waals surface area contributed by atoms with Crippen molar-refractivity contribution in [3.63, 3.8) is 0 Å². The molecule has 0 radical (unpaired) electrons. The van der Waals surface area contributed by atoms with E-state index in [0.29, 0.717) is 23.4 Å². The standard InChI is InChI=1S/C34H33F5N6O3/c1-6-25(46)43-14-19(5)44(15-18(43)4)31-21-13-24(37)28-26-22(35)7-8-23(36)30(26)48-16-34(38,39)11-9-20-10-12-40-27(17(2)3)29(20)45(32(21)41-28)33(47)42-31/h6-8,10,12-13,17-19H,1,9,11,14-16H2,2-5H3. The Hall–Kier alpha value is -4.88. The number of piperazine rings is 1. The predicted octanol–water partition coefficient (Wildman–Crippen LogP) is 5.96. The minimum Gasteiger partial charge on any atom is -0.483 e. The molecule has 1 fully saturated rings. The van der Waals surface area contributed by atoms with Crippen molar-refractivity contribution in [1.29, 1.82) is 0 Å². The van der Waals surface area contributed by atoms with Crippen LogP contribution in [0.4, 0.5) is 27.8 Å². The number of halogens is 5. The molecule has 6 rings (SSSR count). The van der Waals surface area contributed by atoms with Crippen LogP contribution in [0, 0.1) is 17.5 Å². The minimum atomic E-state index is -3.53. The van der Waals surface area contributed by atoms with E-state index in [2.05, 4.69) is 21.5 Å². The van der Waals surface area contributed by atoms with Crippen molar-refractivity contribution < 1.29 is 31.5 Å². The molecule has 3 aromatic heterocycles. The zero-order valence-corrected chi connectivity index (χ0v) is 26.7. The van der Waals surface area contributed by atoms with E-state index in [0.717, 1.165) is 10.6 Å². The molecule has 9 nitrogen and oxygen atoms in total. The zero-order chi connectivity index (χ0) is 34.7. The number of rotatable bonds is 3. The Bertz CT molecular complexity index is 2020. The average molecular weight is 669 g/mol. The van der Waals surface area contributed by atoms with Crippen LogP contribution in [0.25, 0.3) is 28.0 Å². The van der Waals surface area contributed by atoms with Crippen LogP contribution in [-0.2, 0) is 11.2 Å². The lowest BCUT2D eigenvalue weighted by molar-refractivity contribution is -0.128. The topological polar surface area (TPSA) is 93.5 Å². The Balaban J connectivity index is 1.72. The lowest BCUT2D eigenvalue weighted by Gasteiger charge is -2.44. The maximum absolute atomic E-state index is 16.3. The fraction of sp³-hybridized carbons (Fsp3) is 0.382. The molecule has 1 saturated heterocycles. The van der Waals surface area contributed by atoms with E-state index in [-0.39, 0.29) is 59.9 Å². The molecule has 1 amide bonds. The highest BCUT2D eigenvalue weighted by Crippen LogP contribution is 2.40. The summed E-state index contributed by atoms with van der Waals surface area (Å²) in [5.74, 6) is -8.51. The number of ether oxygens (including phenoxy) is 1. The molecule has 252 valence electrons. The summed E-state index contributed by atoms with van der Waals surface area (Å²) in [6.45, 7) is 9.91. The van der Waals surface area contributed by atoms with Crippen LogP contribution in [0.15, 0.2) is 47.9 Å². The number of fused-ring (bicyclic) bond motifs is 5. The molecular weight excluding hydrogens is 635 g/mol. The number of amides is 1. The lowest BCUT2D eigenvalue weighted by atomic mass is 9.99. The largest absolute Gasteiger partial charge is 0.483 e. The van der Waals surface area contributed by atoms with Gasteiger partial charge in [0.1, 0.15) is 17.3 Å². The van der Waals surface area contributed by atoms with Gasteiger partial charge in [0.2, 0.25) is 5.91 Å². The second kappa shape index (κ2) is 12.3. The Morgan fingerprint density at radius 1 is 1.06 bits per heavy atom. The highest BCUT2D eigenvalue weighted by molar-refractivity contribution is 5.92. The second-order valence-electron chi connectivity index (χ2n) is 12.5. The average Bonchev–Trinajstić information content (AvgIpc) is 3.04. The quantitative estimate of drug-likeness (QED) is 0.197. The summed E-state index contributed by atoms with van der Waals surface area (Å²) in [6.07, 6.45) is 1.62. The SMILES string of the molecule is C=CC(=O)N1CC(C)N(c2nc(=O)n3c4nc(c(F)cc24)-c2c(F)ccc(F)c2OCC(F)(F)CCc2ccnc(C(C)C)c2-3)CC1C. The number of aryl methyl sites for hydroxylation is 1. The van der Waals surface area contributed by atoms with Crippen LogP contribution in [0.1, 0.15) is 51.3 Å². The van der Waals surface area contributed by atoms with E-state index in [4.69, 9.17) is 4.74 Å². The molecule has 2 bridgehead atoms. The van der Waals surface area contributed by atoms with E-state index in [1.807, 2.05) is 13.8 Å². The van der Waals surface area contributed by atoms with E-state index < -0.39 is 65.1 Å². The highest BCUT2D eigenvalue weighted by Gasteiger charge is 2.36. The van der Waals surface area contributed by atoms with Crippen LogP contribution in [0.5, 0.6) is 5.75 Å². The van der Waals surface area contributed by atoms with Gasteiger partial charge in [-0.1, -0.05) is 20.4 Å². The number of carbonyl (C=O) groups is 1. The summed E-state index contributed by atoms with van der Waals surface area (Å²) >= 11 is 0. The molecule has 0 saturated carbocycles. The smallest absolute Gasteiger partial charge is 0.355 e. The molecule has 0 aliphatic carbocycles. The molecule has 2 unspecified atom stereocenters. The van der Waals surface area contributed by atoms with Gasteiger partial charge in [0.25, 0.3) is 5.92 Å². The number of alkyl halides is 2. The lowest BCUT2D eigenvalue weighted by Crippen LogP contribution is -2.58. The van der Waals surface area contributed by atoms with Crippen molar-refractivity contribution in [2.45, 2.75) is 64.5 Å². The Labute approximate surface area is 272 Å². The first-order chi connectivity index (χ1) is 22.7. The van der Waals surface area contributed by atoms with Gasteiger partial charge in [-0.25, -0.2) is 36.3 Å². The van der Waals surface area contributed by atoms with Gasteiger partial charge in [-0.2, -0.15) is 4.98 Å². The van der Waals surface area contributed by atoms with Crippen LogP contribution in [0.2, 0.25) is 0 Å². The number of nitrogens with zero attached hydrogens (tertiary/aromatic N) is 6. The van der Waals surface area contributed by atoms with Crippen molar-refractivity contribution in [1.82, 2.24) is 24.4 Å². The molecule has 0 spiro atoms. The molecule has 5 heterocycles.